The van der Waals surface area contributed by atoms with E-state index in [1.165, 1.54) is 0 Å². The molecule has 0 bridgehead atoms. The van der Waals surface area contributed by atoms with E-state index in [-0.39, 0.29) is 5.78 Å². The first-order valence-electron chi connectivity index (χ1n) is 6.46. The quantitative estimate of drug-likeness (QED) is 0.666. The van der Waals surface area contributed by atoms with Crippen LogP contribution in [0.5, 0.6) is 0 Å². The smallest absolute Gasteiger partial charge is 0.211 e. The predicted octanol–water partition coefficient (Wildman–Crippen LogP) is 3.98. The van der Waals surface area contributed by atoms with Crippen LogP contribution in [-0.4, -0.2) is 10.8 Å². The van der Waals surface area contributed by atoms with Gasteiger partial charge in [-0.3, -0.25) is 9.78 Å². The summed E-state index contributed by atoms with van der Waals surface area (Å²) in [6.45, 7) is 0. The number of nitrogens with zero attached hydrogens (tertiary/aromatic N) is 1. The van der Waals surface area contributed by atoms with Gasteiger partial charge in [0.15, 0.2) is 0 Å². The molecule has 0 N–H and O–H groups in total. The molecule has 0 atom stereocenters. The van der Waals surface area contributed by atoms with E-state index in [1.807, 2.05) is 48.5 Å². The lowest BCUT2D eigenvalue weighted by molar-refractivity contribution is 0.103. The minimum absolute atomic E-state index is 0.0507. The van der Waals surface area contributed by atoms with Crippen molar-refractivity contribution < 1.29 is 4.79 Å². The predicted molar refractivity (Wildman–Crippen MR) is 79.5 cm³/mol. The fraction of sp³-hybridized carbons (Fsp3) is 0. The Morgan fingerprint density at radius 2 is 1.35 bits per heavy atom. The zero-order valence-electron chi connectivity index (χ0n) is 10.9. The first-order valence-corrected chi connectivity index (χ1v) is 6.46. The van der Waals surface area contributed by atoms with Gasteiger partial charge in [0.05, 0.1) is 0 Å². The average molecular weight is 259 g/mol. The Morgan fingerprint density at radius 3 is 2.00 bits per heavy atom. The second-order valence-corrected chi connectivity index (χ2v) is 4.49. The van der Waals surface area contributed by atoms with Crippen molar-refractivity contribution >= 4 is 5.78 Å². The Labute approximate surface area is 117 Å². The van der Waals surface area contributed by atoms with Gasteiger partial charge in [-0.05, 0) is 23.3 Å². The Kier molecular flexibility index (Phi) is 3.38. The van der Waals surface area contributed by atoms with Crippen molar-refractivity contribution in [2.45, 2.75) is 0 Å². The van der Waals surface area contributed by atoms with Gasteiger partial charge in [0.2, 0.25) is 5.78 Å². The summed E-state index contributed by atoms with van der Waals surface area (Å²) >= 11 is 0. The minimum atomic E-state index is -0.0507. The summed E-state index contributed by atoms with van der Waals surface area (Å²) in [6, 6.07) is 23.1. The van der Waals surface area contributed by atoms with E-state index >= 15 is 0 Å². The fourth-order valence-electron chi connectivity index (χ4n) is 2.09. The number of benzene rings is 2. The van der Waals surface area contributed by atoms with Gasteiger partial charge in [-0.25, -0.2) is 0 Å². The molecule has 2 heteroatoms. The number of aromatic nitrogens is 1. The lowest BCUT2D eigenvalue weighted by atomic mass is 10.0. The highest BCUT2D eigenvalue weighted by Gasteiger charge is 2.09. The Hall–Kier alpha value is -2.74. The van der Waals surface area contributed by atoms with Gasteiger partial charge in [-0.1, -0.05) is 60.7 Å². The second-order valence-electron chi connectivity index (χ2n) is 4.49. The highest BCUT2D eigenvalue weighted by Crippen LogP contribution is 2.20. The van der Waals surface area contributed by atoms with Crippen LogP contribution in [0, 0.1) is 0 Å². The van der Waals surface area contributed by atoms with E-state index in [2.05, 4.69) is 17.1 Å². The van der Waals surface area contributed by atoms with Crippen LogP contribution in [0.4, 0.5) is 0 Å². The van der Waals surface area contributed by atoms with Gasteiger partial charge in [-0.2, -0.15) is 0 Å². The van der Waals surface area contributed by atoms with Crippen LogP contribution < -0.4 is 0 Å². The third-order valence-electron chi connectivity index (χ3n) is 3.15. The molecule has 2 nitrogen and oxygen atoms in total. The molecular weight excluding hydrogens is 246 g/mol. The van der Waals surface area contributed by atoms with E-state index in [0.29, 0.717) is 11.3 Å². The minimum Gasteiger partial charge on any atom is -0.287 e. The Balaban J connectivity index is 1.89. The highest BCUT2D eigenvalue weighted by molar-refractivity contribution is 6.07. The molecule has 0 aliphatic carbocycles. The first kappa shape index (κ1) is 12.3. The number of ketones is 1. The fourth-order valence-corrected chi connectivity index (χ4v) is 2.09. The number of rotatable bonds is 3. The molecule has 0 saturated heterocycles. The molecule has 1 heterocycles. The van der Waals surface area contributed by atoms with Gasteiger partial charge < -0.3 is 0 Å². The molecule has 0 fully saturated rings. The molecule has 0 amide bonds. The summed E-state index contributed by atoms with van der Waals surface area (Å²) < 4.78 is 0. The molecule has 96 valence electrons. The summed E-state index contributed by atoms with van der Waals surface area (Å²) in [5, 5.41) is 0. The van der Waals surface area contributed by atoms with Gasteiger partial charge in [-0.15, -0.1) is 0 Å². The van der Waals surface area contributed by atoms with Crippen molar-refractivity contribution in [1.29, 1.82) is 0 Å². The van der Waals surface area contributed by atoms with Crippen LogP contribution in [0.15, 0.2) is 79.0 Å². The zero-order valence-corrected chi connectivity index (χ0v) is 10.9. The number of pyridine rings is 1. The monoisotopic (exact) mass is 259 g/mol. The normalized spacial score (nSPS) is 10.2. The molecule has 0 spiro atoms. The molecule has 20 heavy (non-hydrogen) atoms. The Morgan fingerprint density at radius 1 is 0.700 bits per heavy atom. The van der Waals surface area contributed by atoms with Crippen molar-refractivity contribution in [3.63, 3.8) is 0 Å². The third-order valence-corrected chi connectivity index (χ3v) is 3.15. The maximum Gasteiger partial charge on any atom is 0.211 e. The van der Waals surface area contributed by atoms with Crippen molar-refractivity contribution in [2.24, 2.45) is 0 Å². The molecule has 1 aromatic heterocycles. The van der Waals surface area contributed by atoms with Crippen molar-refractivity contribution in [2.75, 3.05) is 0 Å². The van der Waals surface area contributed by atoms with Crippen LogP contribution in [0.1, 0.15) is 16.1 Å². The van der Waals surface area contributed by atoms with E-state index in [0.717, 1.165) is 11.1 Å². The van der Waals surface area contributed by atoms with Gasteiger partial charge in [0.25, 0.3) is 0 Å². The SMILES string of the molecule is O=C(c1ccc(-c2ccccc2)cc1)c1ccccn1. The van der Waals surface area contributed by atoms with Crippen LogP contribution >= 0.6 is 0 Å². The lowest BCUT2D eigenvalue weighted by Gasteiger charge is -2.03. The Bertz CT molecular complexity index is 703. The molecule has 0 radical (unpaired) electrons. The van der Waals surface area contributed by atoms with E-state index in [4.69, 9.17) is 0 Å². The van der Waals surface area contributed by atoms with Crippen LogP contribution in [-0.2, 0) is 0 Å². The zero-order chi connectivity index (χ0) is 13.8. The van der Waals surface area contributed by atoms with Gasteiger partial charge in [0.1, 0.15) is 5.69 Å². The summed E-state index contributed by atoms with van der Waals surface area (Å²) in [7, 11) is 0. The van der Waals surface area contributed by atoms with Crippen LogP contribution in [0.25, 0.3) is 11.1 Å². The van der Waals surface area contributed by atoms with E-state index < -0.39 is 0 Å². The maximum absolute atomic E-state index is 12.2. The lowest BCUT2D eigenvalue weighted by Crippen LogP contribution is -2.03. The number of hydrogen-bond donors (Lipinski definition) is 0. The topological polar surface area (TPSA) is 30.0 Å². The average Bonchev–Trinajstić information content (AvgIpc) is 2.56. The molecular formula is C18H13NO. The second kappa shape index (κ2) is 5.49. The van der Waals surface area contributed by atoms with Crippen molar-refractivity contribution in [3.8, 4) is 11.1 Å². The standard InChI is InChI=1S/C18H13NO/c20-18(17-8-4-5-13-19-17)16-11-9-15(10-12-16)14-6-2-1-3-7-14/h1-13H. The molecule has 0 unspecified atom stereocenters. The molecule has 0 aliphatic heterocycles. The highest BCUT2D eigenvalue weighted by atomic mass is 16.1. The van der Waals surface area contributed by atoms with Crippen molar-refractivity contribution in [1.82, 2.24) is 4.98 Å². The summed E-state index contributed by atoms with van der Waals surface area (Å²) in [5.41, 5.74) is 3.37. The van der Waals surface area contributed by atoms with Gasteiger partial charge in [0, 0.05) is 11.8 Å². The summed E-state index contributed by atoms with van der Waals surface area (Å²) in [6.07, 6.45) is 1.63. The summed E-state index contributed by atoms with van der Waals surface area (Å²) in [4.78, 5) is 16.3. The van der Waals surface area contributed by atoms with Crippen LogP contribution in [0.3, 0.4) is 0 Å². The molecule has 0 aliphatic rings. The van der Waals surface area contributed by atoms with Crippen LogP contribution in [0.2, 0.25) is 0 Å². The number of carbonyl (C=O) groups is 1. The van der Waals surface area contributed by atoms with Gasteiger partial charge >= 0.3 is 0 Å². The third kappa shape index (κ3) is 2.50. The van der Waals surface area contributed by atoms with E-state index in [1.54, 1.807) is 18.3 Å². The molecule has 2 aromatic carbocycles. The maximum atomic E-state index is 12.2. The number of carbonyl (C=O) groups excluding carboxylic acids is 1. The van der Waals surface area contributed by atoms with Crippen molar-refractivity contribution in [3.05, 3.63) is 90.3 Å². The number of hydrogen-bond acceptors (Lipinski definition) is 2. The van der Waals surface area contributed by atoms with E-state index in [9.17, 15) is 4.79 Å². The molecule has 0 saturated carbocycles. The molecule has 3 aromatic rings. The largest absolute Gasteiger partial charge is 0.287 e. The first-order chi connectivity index (χ1) is 9.84. The molecule has 3 rings (SSSR count). The summed E-state index contributed by atoms with van der Waals surface area (Å²) in [5.74, 6) is -0.0507.